The normalized spacial score (nSPS) is 10.8. The fourth-order valence-electron chi connectivity index (χ4n) is 2.94. The van der Waals surface area contributed by atoms with E-state index in [0.29, 0.717) is 25.6 Å². The number of ether oxygens (including phenoxy) is 2. The molecule has 0 fully saturated rings. The van der Waals surface area contributed by atoms with E-state index in [4.69, 9.17) is 9.47 Å². The van der Waals surface area contributed by atoms with Crippen molar-refractivity contribution in [3.8, 4) is 11.6 Å². The number of hydrogen-bond acceptors (Lipinski definition) is 4. The number of aromatic nitrogens is 3. The number of H-pyrrole nitrogens is 1. The third-order valence-corrected chi connectivity index (χ3v) is 4.27. The lowest BCUT2D eigenvalue weighted by Crippen LogP contribution is -2.34. The average molecular weight is 371 g/mol. The van der Waals surface area contributed by atoms with Crippen LogP contribution in [-0.4, -0.2) is 47.6 Å². The lowest BCUT2D eigenvalue weighted by atomic mass is 10.1. The van der Waals surface area contributed by atoms with Gasteiger partial charge in [0.25, 0.3) is 0 Å². The number of rotatable bonds is 8. The number of hydrogen-bond donors (Lipinski definition) is 3. The van der Waals surface area contributed by atoms with E-state index < -0.39 is 0 Å². The number of urea groups is 1. The first kappa shape index (κ1) is 18.6. The number of carbonyl (C=O) groups is 1. The van der Waals surface area contributed by atoms with Gasteiger partial charge in [-0.15, -0.1) is 5.10 Å². The Morgan fingerprint density at radius 1 is 1.26 bits per heavy atom. The fourth-order valence-corrected chi connectivity index (χ4v) is 2.94. The van der Waals surface area contributed by atoms with Gasteiger partial charge in [0, 0.05) is 49.5 Å². The highest BCUT2D eigenvalue weighted by atomic mass is 16.5. The number of aryl methyl sites for hydroxylation is 2. The monoisotopic (exact) mass is 371 g/mol. The molecule has 0 bridgehead atoms. The van der Waals surface area contributed by atoms with Gasteiger partial charge in [-0.25, -0.2) is 4.79 Å². The summed E-state index contributed by atoms with van der Waals surface area (Å²) in [4.78, 5) is 14.7. The van der Waals surface area contributed by atoms with Crippen molar-refractivity contribution in [2.45, 2.75) is 13.3 Å². The molecule has 0 atom stereocenters. The predicted octanol–water partition coefficient (Wildman–Crippen LogP) is 2.14. The summed E-state index contributed by atoms with van der Waals surface area (Å²) in [6.07, 6.45) is 2.57. The van der Waals surface area contributed by atoms with E-state index in [1.807, 2.05) is 44.4 Å². The Morgan fingerprint density at radius 2 is 2.07 bits per heavy atom. The van der Waals surface area contributed by atoms with Crippen LogP contribution in [0.15, 0.2) is 30.5 Å². The third kappa shape index (κ3) is 4.72. The van der Waals surface area contributed by atoms with Crippen LogP contribution >= 0.6 is 0 Å². The minimum Gasteiger partial charge on any atom is -0.490 e. The summed E-state index contributed by atoms with van der Waals surface area (Å²) in [5, 5.41) is 10.6. The molecule has 3 rings (SSSR count). The average Bonchev–Trinajstić information content (AvgIpc) is 3.21. The van der Waals surface area contributed by atoms with Crippen molar-refractivity contribution in [3.63, 3.8) is 0 Å². The van der Waals surface area contributed by atoms with Gasteiger partial charge >= 0.3 is 6.03 Å². The molecule has 0 saturated heterocycles. The second-order valence-corrected chi connectivity index (χ2v) is 6.22. The first-order chi connectivity index (χ1) is 13.1. The first-order valence-corrected chi connectivity index (χ1v) is 8.89. The van der Waals surface area contributed by atoms with E-state index in [2.05, 4.69) is 20.7 Å². The van der Waals surface area contributed by atoms with Crippen LogP contribution < -0.4 is 20.1 Å². The van der Waals surface area contributed by atoms with E-state index in [-0.39, 0.29) is 6.03 Å². The number of fused-ring (bicyclic) bond motifs is 1. The fraction of sp³-hybridized carbons (Fsp3) is 0.368. The standard InChI is InChI=1S/C19H25N5O3/c1-13-15(6-8-21-19(25)20-2)16-12-14(4-5-17(16)22-13)26-10-11-27-18-7-9-24(3)23-18/h4-5,7,9,12,22H,6,8,10-11H2,1-3H3,(H2,20,21,25). The summed E-state index contributed by atoms with van der Waals surface area (Å²) in [6, 6.07) is 7.60. The van der Waals surface area contributed by atoms with E-state index in [0.717, 1.165) is 28.8 Å². The molecule has 0 spiro atoms. The smallest absolute Gasteiger partial charge is 0.314 e. The molecule has 2 amide bonds. The maximum absolute atomic E-state index is 11.3. The number of carbonyl (C=O) groups excluding carboxylic acids is 1. The summed E-state index contributed by atoms with van der Waals surface area (Å²) in [5.41, 5.74) is 3.33. The minimum atomic E-state index is -0.176. The molecule has 8 heteroatoms. The third-order valence-electron chi connectivity index (χ3n) is 4.27. The molecule has 0 unspecified atom stereocenters. The number of aromatic amines is 1. The molecule has 3 N–H and O–H groups in total. The molecule has 1 aromatic carbocycles. The molecule has 2 aromatic heterocycles. The predicted molar refractivity (Wildman–Crippen MR) is 103 cm³/mol. The molecule has 2 heterocycles. The van der Waals surface area contributed by atoms with Crippen LogP contribution in [0.4, 0.5) is 4.79 Å². The molecular formula is C19H25N5O3. The Kier molecular flexibility index (Phi) is 5.85. The van der Waals surface area contributed by atoms with Crippen molar-refractivity contribution in [1.29, 1.82) is 0 Å². The Balaban J connectivity index is 1.59. The molecule has 0 aliphatic rings. The van der Waals surface area contributed by atoms with Crippen molar-refractivity contribution in [3.05, 3.63) is 41.7 Å². The lowest BCUT2D eigenvalue weighted by molar-refractivity contribution is 0.211. The highest BCUT2D eigenvalue weighted by Crippen LogP contribution is 2.26. The van der Waals surface area contributed by atoms with Gasteiger partial charge in [-0.3, -0.25) is 4.68 Å². The summed E-state index contributed by atoms with van der Waals surface area (Å²) < 4.78 is 13.0. The van der Waals surface area contributed by atoms with Crippen LogP contribution in [0.3, 0.4) is 0 Å². The van der Waals surface area contributed by atoms with E-state index in [9.17, 15) is 4.79 Å². The van der Waals surface area contributed by atoms with Gasteiger partial charge in [-0.2, -0.15) is 0 Å². The zero-order valence-corrected chi connectivity index (χ0v) is 15.8. The van der Waals surface area contributed by atoms with Crippen LogP contribution in [0, 0.1) is 6.92 Å². The highest BCUT2D eigenvalue weighted by Gasteiger charge is 2.10. The number of nitrogens with one attached hydrogen (secondary N) is 3. The number of amides is 2. The zero-order chi connectivity index (χ0) is 19.2. The van der Waals surface area contributed by atoms with Gasteiger partial charge in [-0.05, 0) is 37.1 Å². The van der Waals surface area contributed by atoms with Crippen LogP contribution in [0.2, 0.25) is 0 Å². The molecule has 0 aliphatic heterocycles. The van der Waals surface area contributed by atoms with E-state index in [1.165, 1.54) is 5.56 Å². The van der Waals surface area contributed by atoms with Gasteiger partial charge in [0.15, 0.2) is 0 Å². The van der Waals surface area contributed by atoms with Gasteiger partial charge in [0.1, 0.15) is 19.0 Å². The first-order valence-electron chi connectivity index (χ1n) is 8.89. The maximum atomic E-state index is 11.3. The van der Waals surface area contributed by atoms with E-state index >= 15 is 0 Å². The SMILES string of the molecule is CNC(=O)NCCc1c(C)[nH]c2ccc(OCCOc3ccn(C)n3)cc12. The molecule has 0 radical (unpaired) electrons. The van der Waals surface area contributed by atoms with Crippen molar-refractivity contribution in [2.24, 2.45) is 7.05 Å². The van der Waals surface area contributed by atoms with Gasteiger partial charge < -0.3 is 25.1 Å². The van der Waals surface area contributed by atoms with Crippen molar-refractivity contribution >= 4 is 16.9 Å². The molecular weight excluding hydrogens is 346 g/mol. The second-order valence-electron chi connectivity index (χ2n) is 6.22. The topological polar surface area (TPSA) is 93.2 Å². The molecule has 27 heavy (non-hydrogen) atoms. The Morgan fingerprint density at radius 3 is 2.81 bits per heavy atom. The largest absolute Gasteiger partial charge is 0.490 e. The Hall–Kier alpha value is -3.16. The second kappa shape index (κ2) is 8.48. The molecule has 8 nitrogen and oxygen atoms in total. The summed E-state index contributed by atoms with van der Waals surface area (Å²) in [7, 11) is 3.45. The van der Waals surface area contributed by atoms with E-state index in [1.54, 1.807) is 11.7 Å². The van der Waals surface area contributed by atoms with Gasteiger partial charge in [0.05, 0.1) is 0 Å². The molecule has 0 aliphatic carbocycles. The molecule has 3 aromatic rings. The highest BCUT2D eigenvalue weighted by molar-refractivity contribution is 5.86. The summed E-state index contributed by atoms with van der Waals surface area (Å²) >= 11 is 0. The summed E-state index contributed by atoms with van der Waals surface area (Å²) in [5.74, 6) is 1.37. The molecule has 0 saturated carbocycles. The van der Waals surface area contributed by atoms with Crippen LogP contribution in [0.25, 0.3) is 10.9 Å². The Bertz CT molecular complexity index is 915. The van der Waals surface area contributed by atoms with Gasteiger partial charge in [0.2, 0.25) is 5.88 Å². The zero-order valence-electron chi connectivity index (χ0n) is 15.8. The van der Waals surface area contributed by atoms with Gasteiger partial charge in [-0.1, -0.05) is 0 Å². The maximum Gasteiger partial charge on any atom is 0.314 e. The number of nitrogens with zero attached hydrogens (tertiary/aromatic N) is 2. The van der Waals surface area contributed by atoms with Crippen molar-refractivity contribution in [2.75, 3.05) is 26.8 Å². The van der Waals surface area contributed by atoms with Crippen molar-refractivity contribution in [1.82, 2.24) is 25.4 Å². The van der Waals surface area contributed by atoms with Crippen molar-refractivity contribution < 1.29 is 14.3 Å². The minimum absolute atomic E-state index is 0.176. The quantitative estimate of drug-likeness (QED) is 0.529. The van der Waals surface area contributed by atoms with Crippen LogP contribution in [-0.2, 0) is 13.5 Å². The lowest BCUT2D eigenvalue weighted by Gasteiger charge is -2.08. The number of benzene rings is 1. The molecule has 144 valence electrons. The van der Waals surface area contributed by atoms with Crippen LogP contribution in [0.5, 0.6) is 11.6 Å². The summed E-state index contributed by atoms with van der Waals surface area (Å²) in [6.45, 7) is 3.45. The van der Waals surface area contributed by atoms with Crippen LogP contribution in [0.1, 0.15) is 11.3 Å². The Labute approximate surface area is 157 Å².